The van der Waals surface area contributed by atoms with Gasteiger partial charge in [0.2, 0.25) is 11.8 Å². The maximum atomic E-state index is 12.4. The lowest BCUT2D eigenvalue weighted by atomic mass is 10.3. The van der Waals surface area contributed by atoms with E-state index in [0.717, 1.165) is 50.0 Å². The van der Waals surface area contributed by atoms with Crippen LogP contribution in [0.2, 0.25) is 0 Å². The third-order valence-corrected chi connectivity index (χ3v) is 4.48. The van der Waals surface area contributed by atoms with Crippen LogP contribution < -0.4 is 5.32 Å². The summed E-state index contributed by atoms with van der Waals surface area (Å²) in [5.74, 6) is -0.211. The summed E-state index contributed by atoms with van der Waals surface area (Å²) in [5.41, 5.74) is -0.822. The fraction of sp³-hybridized carbons (Fsp3) is 0.533. The van der Waals surface area contributed by atoms with E-state index in [1.165, 1.54) is 6.07 Å². The van der Waals surface area contributed by atoms with Crippen molar-refractivity contribution in [3.8, 4) is 0 Å². The molecule has 9 heteroatoms. The Kier molecular flexibility index (Phi) is 6.47. The summed E-state index contributed by atoms with van der Waals surface area (Å²) < 4.78 is 37.2. The van der Waals surface area contributed by atoms with Crippen LogP contribution in [0.5, 0.6) is 0 Å². The lowest BCUT2D eigenvalue weighted by molar-refractivity contribution is -0.138. The predicted molar refractivity (Wildman–Crippen MR) is 83.4 cm³/mol. The Balaban J connectivity index is 1.66. The van der Waals surface area contributed by atoms with E-state index in [1.807, 2.05) is 0 Å². The molecule has 0 radical (unpaired) electrons. The summed E-state index contributed by atoms with van der Waals surface area (Å²) in [4.78, 5) is 28.9. The largest absolute Gasteiger partial charge is 0.417 e. The summed E-state index contributed by atoms with van der Waals surface area (Å²) in [5, 5.41) is 2.97. The molecule has 5 nitrogen and oxygen atoms in total. The number of likely N-dealkylation sites (tertiary alicyclic amines) is 1. The summed E-state index contributed by atoms with van der Waals surface area (Å²) in [6.07, 6.45) is -1.37. The predicted octanol–water partition coefficient (Wildman–Crippen LogP) is 2.32. The van der Waals surface area contributed by atoms with E-state index in [-0.39, 0.29) is 30.5 Å². The molecule has 132 valence electrons. The van der Waals surface area contributed by atoms with Gasteiger partial charge < -0.3 is 10.2 Å². The highest BCUT2D eigenvalue weighted by Gasteiger charge is 2.30. The van der Waals surface area contributed by atoms with Crippen LogP contribution in [-0.4, -0.2) is 47.1 Å². The average molecular weight is 361 g/mol. The Hall–Kier alpha value is -1.77. The first-order valence-electron chi connectivity index (χ1n) is 7.57. The van der Waals surface area contributed by atoms with Crippen LogP contribution in [0.15, 0.2) is 23.4 Å². The van der Waals surface area contributed by atoms with Gasteiger partial charge in [-0.3, -0.25) is 9.59 Å². The molecule has 1 aromatic rings. The Morgan fingerprint density at radius 1 is 1.25 bits per heavy atom. The molecule has 0 unspecified atom stereocenters. The fourth-order valence-electron chi connectivity index (χ4n) is 2.26. The number of carbonyl (C=O) groups is 2. The van der Waals surface area contributed by atoms with Crippen molar-refractivity contribution in [2.45, 2.75) is 30.5 Å². The number of amides is 2. The van der Waals surface area contributed by atoms with E-state index in [2.05, 4.69) is 10.3 Å². The number of hydrogen-bond acceptors (Lipinski definition) is 4. The minimum Gasteiger partial charge on any atom is -0.355 e. The van der Waals surface area contributed by atoms with Gasteiger partial charge in [-0.05, 0) is 25.0 Å². The topological polar surface area (TPSA) is 62.3 Å². The first-order valence-corrected chi connectivity index (χ1v) is 8.55. The third-order valence-electron chi connectivity index (χ3n) is 3.53. The molecule has 1 N–H and O–H groups in total. The maximum absolute atomic E-state index is 12.4. The zero-order chi connectivity index (χ0) is 17.6. The summed E-state index contributed by atoms with van der Waals surface area (Å²) in [6.45, 7) is 1.82. The molecule has 0 bridgehead atoms. The molecule has 0 aliphatic carbocycles. The number of carbonyl (C=O) groups excluding carboxylic acids is 2. The van der Waals surface area contributed by atoms with E-state index in [1.54, 1.807) is 4.90 Å². The van der Waals surface area contributed by atoms with Gasteiger partial charge >= 0.3 is 6.18 Å². The summed E-state index contributed by atoms with van der Waals surface area (Å²) in [7, 11) is 0. The van der Waals surface area contributed by atoms with Crippen molar-refractivity contribution in [1.82, 2.24) is 15.2 Å². The molecule has 2 rings (SSSR count). The zero-order valence-corrected chi connectivity index (χ0v) is 13.8. The van der Waals surface area contributed by atoms with Gasteiger partial charge in [-0.15, -0.1) is 0 Å². The highest BCUT2D eigenvalue weighted by Crippen LogP contribution is 2.29. The number of halogens is 3. The Labute approximate surface area is 142 Å². The molecule has 2 heterocycles. The minimum absolute atomic E-state index is 0.0323. The van der Waals surface area contributed by atoms with Crippen molar-refractivity contribution in [1.29, 1.82) is 0 Å². The molecule has 1 aromatic heterocycles. The van der Waals surface area contributed by atoms with Crippen LogP contribution in [-0.2, 0) is 15.8 Å². The van der Waals surface area contributed by atoms with Crippen molar-refractivity contribution < 1.29 is 22.8 Å². The van der Waals surface area contributed by atoms with Crippen molar-refractivity contribution >= 4 is 23.6 Å². The first kappa shape index (κ1) is 18.6. The van der Waals surface area contributed by atoms with Crippen LogP contribution in [0.3, 0.4) is 0 Å². The van der Waals surface area contributed by atoms with Crippen LogP contribution >= 0.6 is 11.8 Å². The third kappa shape index (κ3) is 5.70. The van der Waals surface area contributed by atoms with E-state index in [4.69, 9.17) is 0 Å². The molecule has 0 spiro atoms. The number of nitrogens with zero attached hydrogens (tertiary/aromatic N) is 2. The maximum Gasteiger partial charge on any atom is 0.417 e. The Bertz CT molecular complexity index is 572. The van der Waals surface area contributed by atoms with Crippen molar-refractivity contribution in [3.63, 3.8) is 0 Å². The average Bonchev–Trinajstić information content (AvgIpc) is 3.07. The summed E-state index contributed by atoms with van der Waals surface area (Å²) in [6, 6.07) is 2.17. The zero-order valence-electron chi connectivity index (χ0n) is 12.9. The van der Waals surface area contributed by atoms with E-state index < -0.39 is 11.7 Å². The number of rotatable bonds is 6. The quantitative estimate of drug-likeness (QED) is 0.790. The lowest BCUT2D eigenvalue weighted by Crippen LogP contribution is -2.33. The van der Waals surface area contributed by atoms with Crippen LogP contribution in [0, 0.1) is 0 Å². The van der Waals surface area contributed by atoms with Gasteiger partial charge in [0.25, 0.3) is 0 Å². The standard InChI is InChI=1S/C15H18F3N3O2S/c16-15(17,18)11-3-4-13(20-9-11)24-10-12(22)19-6-5-14(23)21-7-1-2-8-21/h3-4,9H,1-2,5-8,10H2,(H,19,22). The monoisotopic (exact) mass is 361 g/mol. The molecule has 24 heavy (non-hydrogen) atoms. The fourth-order valence-corrected chi connectivity index (χ4v) is 2.93. The number of thioether (sulfide) groups is 1. The molecular weight excluding hydrogens is 343 g/mol. The molecule has 1 fully saturated rings. The molecule has 0 saturated carbocycles. The van der Waals surface area contributed by atoms with Gasteiger partial charge in [0, 0.05) is 32.3 Å². The van der Waals surface area contributed by atoms with Crippen LogP contribution in [0.4, 0.5) is 13.2 Å². The SMILES string of the molecule is O=C(CSc1ccc(C(F)(F)F)cn1)NCCC(=O)N1CCCC1. The lowest BCUT2D eigenvalue weighted by Gasteiger charge is -2.15. The number of pyridine rings is 1. The van der Waals surface area contributed by atoms with Crippen LogP contribution in [0.1, 0.15) is 24.8 Å². The normalized spacial score (nSPS) is 14.7. The molecule has 0 atom stereocenters. The second-order valence-electron chi connectivity index (χ2n) is 5.36. The highest BCUT2D eigenvalue weighted by molar-refractivity contribution is 7.99. The van der Waals surface area contributed by atoms with E-state index in [0.29, 0.717) is 5.03 Å². The molecular formula is C15H18F3N3O2S. The van der Waals surface area contributed by atoms with Crippen LogP contribution in [0.25, 0.3) is 0 Å². The first-order chi connectivity index (χ1) is 11.4. The van der Waals surface area contributed by atoms with Crippen molar-refractivity contribution in [3.05, 3.63) is 23.9 Å². The summed E-state index contributed by atoms with van der Waals surface area (Å²) >= 11 is 1.05. The molecule has 1 aliphatic rings. The second-order valence-corrected chi connectivity index (χ2v) is 6.36. The number of hydrogen-bond donors (Lipinski definition) is 1. The van der Waals surface area contributed by atoms with Gasteiger partial charge in [0.1, 0.15) is 0 Å². The minimum atomic E-state index is -4.42. The second kappa shape index (κ2) is 8.36. The molecule has 1 saturated heterocycles. The van der Waals surface area contributed by atoms with Gasteiger partial charge in [0.05, 0.1) is 16.3 Å². The van der Waals surface area contributed by atoms with E-state index in [9.17, 15) is 22.8 Å². The molecule has 0 aromatic carbocycles. The van der Waals surface area contributed by atoms with Gasteiger partial charge in [0.15, 0.2) is 0 Å². The van der Waals surface area contributed by atoms with Crippen molar-refractivity contribution in [2.24, 2.45) is 0 Å². The Morgan fingerprint density at radius 2 is 1.96 bits per heavy atom. The molecule has 2 amide bonds. The van der Waals surface area contributed by atoms with Gasteiger partial charge in [-0.25, -0.2) is 4.98 Å². The number of aromatic nitrogens is 1. The number of alkyl halides is 3. The van der Waals surface area contributed by atoms with Crippen molar-refractivity contribution in [2.75, 3.05) is 25.4 Å². The smallest absolute Gasteiger partial charge is 0.355 e. The highest BCUT2D eigenvalue weighted by atomic mass is 32.2. The van der Waals surface area contributed by atoms with Gasteiger partial charge in [-0.1, -0.05) is 11.8 Å². The van der Waals surface area contributed by atoms with Gasteiger partial charge in [-0.2, -0.15) is 13.2 Å². The Morgan fingerprint density at radius 3 is 2.54 bits per heavy atom. The molecule has 1 aliphatic heterocycles. The number of nitrogens with one attached hydrogen (secondary N) is 1. The van der Waals surface area contributed by atoms with E-state index >= 15 is 0 Å².